The van der Waals surface area contributed by atoms with Crippen molar-refractivity contribution >= 4 is 23.0 Å². The summed E-state index contributed by atoms with van der Waals surface area (Å²) < 4.78 is 24.2. The number of likely N-dealkylation sites (tertiary alicyclic amines) is 2. The van der Waals surface area contributed by atoms with Gasteiger partial charge in [0.25, 0.3) is 0 Å². The second-order valence-electron chi connectivity index (χ2n) is 10.0. The zero-order valence-electron chi connectivity index (χ0n) is 19.1. The number of amides is 2. The van der Waals surface area contributed by atoms with Crippen LogP contribution in [0.5, 0.6) is 0 Å². The van der Waals surface area contributed by atoms with Crippen LogP contribution < -0.4 is 0 Å². The summed E-state index contributed by atoms with van der Waals surface area (Å²) in [5.74, 6) is 0.166. The van der Waals surface area contributed by atoms with Crippen LogP contribution in [0.15, 0.2) is 22.7 Å². The maximum atomic E-state index is 13.4. The molecule has 7 nitrogen and oxygen atoms in total. The molecule has 4 rings (SSSR count). The van der Waals surface area contributed by atoms with Gasteiger partial charge in [-0.05, 0) is 64.5 Å². The first-order valence-electron chi connectivity index (χ1n) is 11.5. The third kappa shape index (κ3) is 5.22. The molecule has 2 aliphatic rings. The third-order valence-corrected chi connectivity index (χ3v) is 6.33. The van der Waals surface area contributed by atoms with Gasteiger partial charge in [-0.1, -0.05) is 5.16 Å². The van der Waals surface area contributed by atoms with E-state index in [2.05, 4.69) is 5.16 Å². The monoisotopic (exact) mass is 445 g/mol. The third-order valence-electron chi connectivity index (χ3n) is 6.33. The molecular weight excluding hydrogens is 413 g/mol. The number of piperidine rings is 2. The molecule has 0 aliphatic carbocycles. The molecule has 2 fully saturated rings. The number of aromatic nitrogens is 1. The molecule has 2 amide bonds. The number of halogens is 1. The molecule has 2 aliphatic heterocycles. The van der Waals surface area contributed by atoms with E-state index < -0.39 is 5.60 Å². The van der Waals surface area contributed by atoms with Gasteiger partial charge in [0.05, 0.1) is 5.69 Å². The maximum absolute atomic E-state index is 13.4. The summed E-state index contributed by atoms with van der Waals surface area (Å²) in [7, 11) is 0. The smallest absolute Gasteiger partial charge is 0.410 e. The SMILES string of the molecule is CC(C)(C)OC(=O)N1CCCC(CC(=O)N2CCC(c3noc4cc(F)ccc34)CC2)C1. The molecule has 1 aromatic heterocycles. The van der Waals surface area contributed by atoms with Crippen LogP contribution in [0, 0.1) is 11.7 Å². The maximum Gasteiger partial charge on any atom is 0.410 e. The molecule has 1 unspecified atom stereocenters. The minimum Gasteiger partial charge on any atom is -0.444 e. The Morgan fingerprint density at radius 1 is 1.16 bits per heavy atom. The van der Waals surface area contributed by atoms with Crippen molar-refractivity contribution in [3.63, 3.8) is 0 Å². The quantitative estimate of drug-likeness (QED) is 0.684. The second-order valence-corrected chi connectivity index (χ2v) is 10.0. The van der Waals surface area contributed by atoms with Crippen molar-refractivity contribution in [2.45, 2.75) is 64.4 Å². The molecule has 0 saturated carbocycles. The first kappa shape index (κ1) is 22.6. The Kier molecular flexibility index (Phi) is 6.40. The number of carbonyl (C=O) groups excluding carboxylic acids is 2. The average molecular weight is 446 g/mol. The van der Waals surface area contributed by atoms with E-state index in [1.807, 2.05) is 25.7 Å². The highest BCUT2D eigenvalue weighted by atomic mass is 19.1. The fraction of sp³-hybridized carbons (Fsp3) is 0.625. The molecular formula is C24H32FN3O4. The Morgan fingerprint density at radius 3 is 2.62 bits per heavy atom. The van der Waals surface area contributed by atoms with Crippen molar-refractivity contribution in [2.24, 2.45) is 5.92 Å². The minimum absolute atomic E-state index is 0.145. The fourth-order valence-corrected chi connectivity index (χ4v) is 4.73. The Hall–Kier alpha value is -2.64. The van der Waals surface area contributed by atoms with Gasteiger partial charge in [0.1, 0.15) is 11.4 Å². The van der Waals surface area contributed by atoms with Gasteiger partial charge < -0.3 is 19.1 Å². The van der Waals surface area contributed by atoms with Crippen molar-refractivity contribution in [3.8, 4) is 0 Å². The Bertz CT molecular complexity index is 975. The van der Waals surface area contributed by atoms with Crippen LogP contribution in [0.1, 0.15) is 64.5 Å². The standard InChI is InChI=1S/C24H32FN3O4/c1-24(2,3)31-23(30)28-10-4-5-16(15-28)13-21(29)27-11-8-17(9-12-27)22-19-7-6-18(25)14-20(19)32-26-22/h6-7,14,16-17H,4-5,8-13,15H2,1-3H3. The molecule has 0 N–H and O–H groups in total. The van der Waals surface area contributed by atoms with E-state index in [1.54, 1.807) is 11.0 Å². The number of hydrogen-bond donors (Lipinski definition) is 0. The highest BCUT2D eigenvalue weighted by molar-refractivity contribution is 5.80. The molecule has 2 saturated heterocycles. The highest BCUT2D eigenvalue weighted by Crippen LogP contribution is 2.33. The van der Waals surface area contributed by atoms with Crippen molar-refractivity contribution < 1.29 is 23.2 Å². The van der Waals surface area contributed by atoms with Gasteiger partial charge in [0.15, 0.2) is 5.58 Å². The molecule has 0 spiro atoms. The Labute approximate surface area is 187 Å². The van der Waals surface area contributed by atoms with E-state index in [-0.39, 0.29) is 29.7 Å². The molecule has 2 aromatic rings. The summed E-state index contributed by atoms with van der Waals surface area (Å²) in [6.07, 6.45) is 3.60. The molecule has 0 radical (unpaired) electrons. The second kappa shape index (κ2) is 9.08. The lowest BCUT2D eigenvalue weighted by atomic mass is 9.90. The fourth-order valence-electron chi connectivity index (χ4n) is 4.73. The number of ether oxygens (including phenoxy) is 1. The number of benzene rings is 1. The molecule has 174 valence electrons. The lowest BCUT2D eigenvalue weighted by Gasteiger charge is -2.36. The zero-order valence-corrected chi connectivity index (χ0v) is 19.1. The molecule has 8 heteroatoms. The van der Waals surface area contributed by atoms with E-state index >= 15 is 0 Å². The van der Waals surface area contributed by atoms with Gasteiger partial charge >= 0.3 is 6.09 Å². The van der Waals surface area contributed by atoms with Crippen molar-refractivity contribution in [2.75, 3.05) is 26.2 Å². The number of rotatable bonds is 3. The summed E-state index contributed by atoms with van der Waals surface area (Å²) >= 11 is 0. The van der Waals surface area contributed by atoms with Crippen LogP contribution >= 0.6 is 0 Å². The van der Waals surface area contributed by atoms with Crippen molar-refractivity contribution in [1.29, 1.82) is 0 Å². The van der Waals surface area contributed by atoms with Crippen LogP contribution in [-0.4, -0.2) is 58.7 Å². The van der Waals surface area contributed by atoms with E-state index in [1.165, 1.54) is 12.1 Å². The van der Waals surface area contributed by atoms with E-state index in [9.17, 15) is 14.0 Å². The van der Waals surface area contributed by atoms with Gasteiger partial charge in [0.2, 0.25) is 5.91 Å². The summed E-state index contributed by atoms with van der Waals surface area (Å²) in [5, 5.41) is 5.03. The Morgan fingerprint density at radius 2 is 1.91 bits per heavy atom. The van der Waals surface area contributed by atoms with Crippen LogP contribution in [0.25, 0.3) is 11.0 Å². The van der Waals surface area contributed by atoms with Crippen molar-refractivity contribution in [1.82, 2.24) is 15.0 Å². The van der Waals surface area contributed by atoms with Crippen LogP contribution in [0.3, 0.4) is 0 Å². The lowest BCUT2D eigenvalue weighted by molar-refractivity contribution is -0.133. The van der Waals surface area contributed by atoms with E-state index in [0.29, 0.717) is 38.2 Å². The molecule has 0 bridgehead atoms. The van der Waals surface area contributed by atoms with Crippen LogP contribution in [-0.2, 0) is 9.53 Å². The predicted molar refractivity (Wildman–Crippen MR) is 118 cm³/mol. The minimum atomic E-state index is -0.520. The number of carbonyl (C=O) groups is 2. The number of fused-ring (bicyclic) bond motifs is 1. The topological polar surface area (TPSA) is 75.9 Å². The first-order valence-corrected chi connectivity index (χ1v) is 11.5. The predicted octanol–water partition coefficient (Wildman–Crippen LogP) is 4.71. The van der Waals surface area contributed by atoms with Crippen molar-refractivity contribution in [3.05, 3.63) is 29.7 Å². The average Bonchev–Trinajstić information content (AvgIpc) is 3.16. The van der Waals surface area contributed by atoms with Gasteiger partial charge in [-0.2, -0.15) is 0 Å². The van der Waals surface area contributed by atoms with Gasteiger partial charge in [0, 0.05) is 50.0 Å². The highest BCUT2D eigenvalue weighted by Gasteiger charge is 2.31. The molecule has 1 atom stereocenters. The van der Waals surface area contributed by atoms with Gasteiger partial charge in [-0.15, -0.1) is 0 Å². The van der Waals surface area contributed by atoms with Gasteiger partial charge in [-0.3, -0.25) is 4.79 Å². The lowest BCUT2D eigenvalue weighted by Crippen LogP contribution is -2.45. The summed E-state index contributed by atoms with van der Waals surface area (Å²) in [6.45, 7) is 8.17. The normalized spacial score (nSPS) is 20.6. The number of nitrogens with zero attached hydrogens (tertiary/aromatic N) is 3. The molecule has 1 aromatic carbocycles. The summed E-state index contributed by atoms with van der Waals surface area (Å²) in [4.78, 5) is 29.0. The van der Waals surface area contributed by atoms with E-state index in [4.69, 9.17) is 9.26 Å². The largest absolute Gasteiger partial charge is 0.444 e. The summed E-state index contributed by atoms with van der Waals surface area (Å²) in [5.41, 5.74) is 0.797. The van der Waals surface area contributed by atoms with Gasteiger partial charge in [-0.25, -0.2) is 9.18 Å². The van der Waals surface area contributed by atoms with Crippen LogP contribution in [0.2, 0.25) is 0 Å². The summed E-state index contributed by atoms with van der Waals surface area (Å²) in [6, 6.07) is 4.50. The van der Waals surface area contributed by atoms with Crippen LogP contribution in [0.4, 0.5) is 9.18 Å². The Balaban J connectivity index is 1.29. The molecule has 3 heterocycles. The molecule has 32 heavy (non-hydrogen) atoms. The zero-order chi connectivity index (χ0) is 22.9. The first-order chi connectivity index (χ1) is 15.2. The number of hydrogen-bond acceptors (Lipinski definition) is 5. The van der Waals surface area contributed by atoms with E-state index in [0.717, 1.165) is 36.8 Å².